The summed E-state index contributed by atoms with van der Waals surface area (Å²) in [5, 5.41) is -0.0863. The number of rotatable bonds is 9. The molecule has 1 aliphatic heterocycles. The largest absolute Gasteiger partial charge is 0.493 e. The lowest BCUT2D eigenvalue weighted by molar-refractivity contribution is -0.123. The molecule has 36 heavy (non-hydrogen) atoms. The average Bonchev–Trinajstić information content (AvgIpc) is 3.12. The summed E-state index contributed by atoms with van der Waals surface area (Å²) in [5.74, 6) is 0.640. The van der Waals surface area contributed by atoms with Gasteiger partial charge in [0.05, 0.1) is 27.2 Å². The first-order valence-electron chi connectivity index (χ1n) is 10.7. The molecule has 0 atom stereocenters. The monoisotopic (exact) mass is 639 g/mol. The number of para-hydroxylation sites is 1. The highest BCUT2D eigenvalue weighted by Gasteiger charge is 2.35. The Bertz CT molecular complexity index is 1300. The molecule has 3 aromatic rings. The van der Waals surface area contributed by atoms with Crippen LogP contribution in [-0.2, 0) is 11.4 Å². The lowest BCUT2D eigenvalue weighted by atomic mass is 10.1. The number of carbonyl (C=O) groups is 2. The second-order valence-electron chi connectivity index (χ2n) is 7.52. The van der Waals surface area contributed by atoms with Crippen LogP contribution in [0.25, 0.3) is 6.08 Å². The minimum absolute atomic E-state index is 0.0822. The van der Waals surface area contributed by atoms with E-state index in [1.54, 1.807) is 36.4 Å². The van der Waals surface area contributed by atoms with E-state index in [0.717, 1.165) is 16.7 Å². The van der Waals surface area contributed by atoms with Crippen LogP contribution in [0.1, 0.15) is 11.1 Å². The Balaban J connectivity index is 1.46. The third-order valence-corrected chi connectivity index (χ3v) is 7.24. The predicted octanol–water partition coefficient (Wildman–Crippen LogP) is 6.79. The fourth-order valence-corrected chi connectivity index (χ4v) is 5.26. The summed E-state index contributed by atoms with van der Waals surface area (Å²) in [4.78, 5) is 26.7. The molecular formula is C26H20ClFINO5S. The normalized spacial score (nSPS) is 14.4. The van der Waals surface area contributed by atoms with Crippen LogP contribution < -0.4 is 14.2 Å². The number of thioether (sulfide) groups is 1. The summed E-state index contributed by atoms with van der Waals surface area (Å²) in [6, 6.07) is 17.1. The topological polar surface area (TPSA) is 65.1 Å². The van der Waals surface area contributed by atoms with Crippen LogP contribution >= 0.6 is 46.0 Å². The van der Waals surface area contributed by atoms with Gasteiger partial charge >= 0.3 is 0 Å². The van der Waals surface area contributed by atoms with Crippen molar-refractivity contribution in [3.05, 3.63) is 91.1 Å². The summed E-state index contributed by atoms with van der Waals surface area (Å²) in [6.45, 7) is 0.253. The quantitative estimate of drug-likeness (QED) is 0.190. The van der Waals surface area contributed by atoms with Crippen molar-refractivity contribution >= 4 is 63.2 Å². The zero-order valence-corrected chi connectivity index (χ0v) is 22.7. The molecule has 0 N–H and O–H groups in total. The van der Waals surface area contributed by atoms with Crippen molar-refractivity contribution in [1.82, 2.24) is 4.90 Å². The molecule has 0 bridgehead atoms. The van der Waals surface area contributed by atoms with Crippen LogP contribution in [0, 0.1) is 9.39 Å². The van der Waals surface area contributed by atoms with Crippen molar-refractivity contribution in [2.75, 3.05) is 20.3 Å². The molecule has 1 fully saturated rings. The maximum Gasteiger partial charge on any atom is 0.293 e. The van der Waals surface area contributed by atoms with Gasteiger partial charge in [0, 0.05) is 5.56 Å². The van der Waals surface area contributed by atoms with Crippen molar-refractivity contribution in [3.8, 4) is 17.2 Å². The lowest BCUT2D eigenvalue weighted by Crippen LogP contribution is -2.32. The number of hydrogen-bond donors (Lipinski definition) is 0. The van der Waals surface area contributed by atoms with Crippen molar-refractivity contribution in [1.29, 1.82) is 0 Å². The second kappa shape index (κ2) is 12.0. The van der Waals surface area contributed by atoms with Gasteiger partial charge in [-0.15, -0.1) is 0 Å². The molecule has 0 aromatic heterocycles. The Morgan fingerprint density at radius 2 is 1.86 bits per heavy atom. The average molecular weight is 640 g/mol. The first-order valence-corrected chi connectivity index (χ1v) is 13.0. The highest BCUT2D eigenvalue weighted by atomic mass is 127. The highest BCUT2D eigenvalue weighted by molar-refractivity contribution is 14.1. The van der Waals surface area contributed by atoms with Gasteiger partial charge in [0.25, 0.3) is 11.1 Å². The van der Waals surface area contributed by atoms with Gasteiger partial charge in [-0.25, -0.2) is 4.39 Å². The zero-order valence-electron chi connectivity index (χ0n) is 19.0. The first kappa shape index (κ1) is 26.3. The summed E-state index contributed by atoms with van der Waals surface area (Å²) in [7, 11) is 1.48. The molecule has 1 aliphatic rings. The molecule has 0 unspecified atom stereocenters. The Labute approximate surface area is 230 Å². The molecule has 0 aliphatic carbocycles. The maximum absolute atomic E-state index is 14.1. The minimum Gasteiger partial charge on any atom is -0.493 e. The van der Waals surface area contributed by atoms with Gasteiger partial charge in [0.2, 0.25) is 0 Å². The van der Waals surface area contributed by atoms with Crippen LogP contribution in [0.3, 0.4) is 0 Å². The molecule has 1 saturated heterocycles. The SMILES string of the molecule is COc1cc(/C=C2\SC(=O)N(CCOc3ccccc3)C2=O)cc(I)c1OCc1c(F)cccc1Cl. The third kappa shape index (κ3) is 6.13. The Kier molecular flexibility index (Phi) is 8.76. The molecule has 4 rings (SSSR count). The molecule has 0 spiro atoms. The van der Waals surface area contributed by atoms with Crippen molar-refractivity contribution < 1.29 is 28.2 Å². The summed E-state index contributed by atoms with van der Waals surface area (Å²) >= 11 is 9.04. The van der Waals surface area contributed by atoms with E-state index in [9.17, 15) is 14.0 Å². The zero-order chi connectivity index (χ0) is 25.7. The van der Waals surface area contributed by atoms with Crippen molar-refractivity contribution in [2.24, 2.45) is 0 Å². The molecule has 186 valence electrons. The van der Waals surface area contributed by atoms with Crippen molar-refractivity contribution in [3.63, 3.8) is 0 Å². The Morgan fingerprint density at radius 1 is 1.08 bits per heavy atom. The van der Waals surface area contributed by atoms with Gasteiger partial charge < -0.3 is 14.2 Å². The fourth-order valence-electron chi connectivity index (χ4n) is 3.39. The van der Waals surface area contributed by atoms with Gasteiger partial charge in [-0.2, -0.15) is 0 Å². The van der Waals surface area contributed by atoms with E-state index >= 15 is 0 Å². The Morgan fingerprint density at radius 3 is 2.58 bits per heavy atom. The van der Waals surface area contributed by atoms with Crippen LogP contribution in [0.15, 0.2) is 65.6 Å². The number of benzene rings is 3. The van der Waals surface area contributed by atoms with Gasteiger partial charge in [-0.1, -0.05) is 35.9 Å². The van der Waals surface area contributed by atoms with E-state index in [0.29, 0.717) is 31.3 Å². The van der Waals surface area contributed by atoms with Gasteiger partial charge in [-0.05, 0) is 82.4 Å². The number of ether oxygens (including phenoxy) is 3. The molecular weight excluding hydrogens is 620 g/mol. The summed E-state index contributed by atoms with van der Waals surface area (Å²) < 4.78 is 31.7. The number of carbonyl (C=O) groups excluding carboxylic acids is 2. The number of methoxy groups -OCH3 is 1. The van der Waals surface area contributed by atoms with Gasteiger partial charge in [0.1, 0.15) is 24.8 Å². The smallest absolute Gasteiger partial charge is 0.293 e. The number of imide groups is 1. The van der Waals surface area contributed by atoms with E-state index in [-0.39, 0.29) is 41.5 Å². The van der Waals surface area contributed by atoms with Gasteiger partial charge in [-0.3, -0.25) is 14.5 Å². The van der Waals surface area contributed by atoms with E-state index in [1.165, 1.54) is 19.2 Å². The lowest BCUT2D eigenvalue weighted by Gasteiger charge is -2.15. The van der Waals surface area contributed by atoms with Gasteiger partial charge in [0.15, 0.2) is 11.5 Å². The number of halogens is 3. The summed E-state index contributed by atoms with van der Waals surface area (Å²) in [6.07, 6.45) is 1.63. The fraction of sp³-hybridized carbons (Fsp3) is 0.154. The highest BCUT2D eigenvalue weighted by Crippen LogP contribution is 2.38. The first-order chi connectivity index (χ1) is 17.4. The van der Waals surface area contributed by atoms with E-state index < -0.39 is 5.82 Å². The van der Waals surface area contributed by atoms with Crippen LogP contribution in [-0.4, -0.2) is 36.3 Å². The molecule has 0 radical (unpaired) electrons. The van der Waals surface area contributed by atoms with E-state index in [1.807, 2.05) is 18.2 Å². The van der Waals surface area contributed by atoms with Crippen LogP contribution in [0.2, 0.25) is 5.02 Å². The van der Waals surface area contributed by atoms with E-state index in [2.05, 4.69) is 22.6 Å². The van der Waals surface area contributed by atoms with Crippen LogP contribution in [0.5, 0.6) is 17.2 Å². The molecule has 1 heterocycles. The van der Waals surface area contributed by atoms with Crippen LogP contribution in [0.4, 0.5) is 9.18 Å². The number of nitrogens with zero attached hydrogens (tertiary/aromatic N) is 1. The minimum atomic E-state index is -0.460. The molecule has 10 heteroatoms. The molecule has 6 nitrogen and oxygen atoms in total. The predicted molar refractivity (Wildman–Crippen MR) is 146 cm³/mol. The summed E-state index contributed by atoms with van der Waals surface area (Å²) in [5.41, 5.74) is 0.893. The van der Waals surface area contributed by atoms with E-state index in [4.69, 9.17) is 25.8 Å². The Hall–Kier alpha value is -2.76. The number of amides is 2. The third-order valence-electron chi connectivity index (χ3n) is 5.17. The molecule has 3 aromatic carbocycles. The van der Waals surface area contributed by atoms with Crippen molar-refractivity contribution in [2.45, 2.75) is 6.61 Å². The second-order valence-corrected chi connectivity index (χ2v) is 10.1. The number of hydrogen-bond acceptors (Lipinski definition) is 6. The molecule has 0 saturated carbocycles. The maximum atomic E-state index is 14.1. The molecule has 2 amide bonds. The standard InChI is InChI=1S/C26H20ClFINO5S/c1-33-22-13-16(12-21(29)24(22)35-15-18-19(27)8-5-9-20(18)28)14-23-25(31)30(26(32)36-23)10-11-34-17-6-3-2-4-7-17/h2-9,12-14H,10-11,15H2,1H3/b23-14-.